The van der Waals surface area contributed by atoms with E-state index in [1.165, 1.54) is 18.0 Å². The molecule has 1 atom stereocenters. The van der Waals surface area contributed by atoms with E-state index < -0.39 is 28.4 Å². The average Bonchev–Trinajstić information content (AvgIpc) is 3.19. The summed E-state index contributed by atoms with van der Waals surface area (Å²) in [5.74, 6) is -0.868. The lowest BCUT2D eigenvalue weighted by atomic mass is 10.1. The minimum Gasteiger partial charge on any atom is -0.360 e. The molecule has 4 rings (SSSR count). The highest BCUT2D eigenvalue weighted by molar-refractivity contribution is 8.24. The molecule has 2 amide bonds. The third-order valence-corrected chi connectivity index (χ3v) is 6.77. The van der Waals surface area contributed by atoms with Gasteiger partial charge in [-0.2, -0.15) is 10.6 Å². The van der Waals surface area contributed by atoms with Crippen molar-refractivity contribution in [3.05, 3.63) is 77.7 Å². The number of fused-ring (bicyclic) bond motifs is 1. The van der Waals surface area contributed by atoms with Gasteiger partial charge in [0.25, 0.3) is 11.8 Å². The van der Waals surface area contributed by atoms with Gasteiger partial charge in [0.1, 0.15) is 11.8 Å². The van der Waals surface area contributed by atoms with Crippen molar-refractivity contribution in [3.63, 3.8) is 0 Å². The second kappa shape index (κ2) is 7.94. The van der Waals surface area contributed by atoms with Crippen molar-refractivity contribution in [2.75, 3.05) is 17.7 Å². The van der Waals surface area contributed by atoms with Crippen LogP contribution in [0.4, 0.5) is 5.69 Å². The molecule has 0 saturated heterocycles. The summed E-state index contributed by atoms with van der Waals surface area (Å²) in [6.07, 6.45) is 0.474. The maximum Gasteiger partial charge on any atom is 0.274 e. The first-order chi connectivity index (χ1) is 14.3. The van der Waals surface area contributed by atoms with Crippen molar-refractivity contribution in [2.24, 2.45) is 0 Å². The van der Waals surface area contributed by atoms with Gasteiger partial charge in [0.05, 0.1) is 16.3 Å². The van der Waals surface area contributed by atoms with Crippen molar-refractivity contribution in [1.29, 1.82) is 0 Å². The fourth-order valence-electron chi connectivity index (χ4n) is 3.39. The van der Waals surface area contributed by atoms with E-state index in [0.717, 1.165) is 5.56 Å². The SMILES string of the molecule is CN1C(=O)C(NC(=O)c2cc(Cc3ccccc3)on2)CS(O)(O)c2ccccc21. The highest BCUT2D eigenvalue weighted by Crippen LogP contribution is 2.54. The second-order valence-electron chi connectivity index (χ2n) is 7.07. The zero-order chi connectivity index (χ0) is 21.3. The van der Waals surface area contributed by atoms with Crippen LogP contribution in [-0.4, -0.2) is 44.9 Å². The number of aromatic nitrogens is 1. The van der Waals surface area contributed by atoms with E-state index in [9.17, 15) is 18.7 Å². The first kappa shape index (κ1) is 20.1. The Morgan fingerprint density at radius 3 is 2.67 bits per heavy atom. The molecule has 0 spiro atoms. The number of carbonyl (C=O) groups excluding carboxylic acids is 2. The highest BCUT2D eigenvalue weighted by atomic mass is 32.3. The lowest BCUT2D eigenvalue weighted by Crippen LogP contribution is -2.49. The molecule has 9 heteroatoms. The van der Waals surface area contributed by atoms with Crippen LogP contribution in [0, 0.1) is 0 Å². The number of carbonyl (C=O) groups is 2. The van der Waals surface area contributed by atoms with Crippen LogP contribution < -0.4 is 10.2 Å². The quantitative estimate of drug-likeness (QED) is 0.589. The van der Waals surface area contributed by atoms with Gasteiger partial charge in [0, 0.05) is 19.5 Å². The van der Waals surface area contributed by atoms with Crippen molar-refractivity contribution >= 4 is 28.1 Å². The van der Waals surface area contributed by atoms with Crippen molar-refractivity contribution in [1.82, 2.24) is 10.5 Å². The molecule has 2 aromatic carbocycles. The molecule has 1 aromatic heterocycles. The first-order valence-corrected chi connectivity index (χ1v) is 11.0. The lowest BCUT2D eigenvalue weighted by Gasteiger charge is -2.33. The van der Waals surface area contributed by atoms with Gasteiger partial charge in [0.15, 0.2) is 5.69 Å². The largest absolute Gasteiger partial charge is 0.360 e. The maximum atomic E-state index is 12.9. The number of hydrogen-bond acceptors (Lipinski definition) is 6. The molecule has 0 bridgehead atoms. The number of rotatable bonds is 4. The Balaban J connectivity index is 1.51. The smallest absolute Gasteiger partial charge is 0.274 e. The van der Waals surface area contributed by atoms with Crippen molar-refractivity contribution in [2.45, 2.75) is 17.4 Å². The predicted octanol–water partition coefficient (Wildman–Crippen LogP) is 3.15. The Morgan fingerprint density at radius 2 is 1.90 bits per heavy atom. The van der Waals surface area contributed by atoms with Gasteiger partial charge in [-0.3, -0.25) is 18.7 Å². The van der Waals surface area contributed by atoms with E-state index >= 15 is 0 Å². The van der Waals surface area contributed by atoms with Crippen LogP contribution in [0.2, 0.25) is 0 Å². The summed E-state index contributed by atoms with van der Waals surface area (Å²) in [6.45, 7) is 0. The van der Waals surface area contributed by atoms with Crippen LogP contribution in [0.5, 0.6) is 0 Å². The van der Waals surface area contributed by atoms with Crippen LogP contribution >= 0.6 is 10.6 Å². The molecular weight excluding hydrogens is 406 g/mol. The van der Waals surface area contributed by atoms with Crippen LogP contribution in [0.15, 0.2) is 70.1 Å². The Kier molecular flexibility index (Phi) is 5.33. The molecule has 0 aliphatic carbocycles. The first-order valence-electron chi connectivity index (χ1n) is 9.28. The van der Waals surface area contributed by atoms with Crippen LogP contribution in [0.25, 0.3) is 0 Å². The van der Waals surface area contributed by atoms with Crippen molar-refractivity contribution in [3.8, 4) is 0 Å². The molecule has 3 aromatic rings. The molecule has 0 fully saturated rings. The Bertz CT molecular complexity index is 1080. The van der Waals surface area contributed by atoms with Gasteiger partial charge >= 0.3 is 0 Å². The molecule has 2 heterocycles. The highest BCUT2D eigenvalue weighted by Gasteiger charge is 2.37. The number of para-hydroxylation sites is 1. The number of hydrogen-bond donors (Lipinski definition) is 3. The number of anilines is 1. The second-order valence-corrected chi connectivity index (χ2v) is 9.17. The van der Waals surface area contributed by atoms with Crippen LogP contribution in [0.1, 0.15) is 21.8 Å². The fraction of sp³-hybridized carbons (Fsp3) is 0.190. The van der Waals surface area contributed by atoms with Crippen LogP contribution in [-0.2, 0) is 11.2 Å². The normalized spacial score (nSPS) is 19.0. The molecule has 8 nitrogen and oxygen atoms in total. The summed E-state index contributed by atoms with van der Waals surface area (Å²) < 4.78 is 26.5. The molecule has 0 radical (unpaired) electrons. The standard InChI is InChI=1S/C21H21N3O5S/c1-24-18-9-5-6-10-19(18)30(27,28)13-17(21(24)26)22-20(25)16-12-15(29-23-16)11-14-7-3-2-4-8-14/h2-10,12,17,27-28H,11,13H2,1H3,(H,22,25). The third kappa shape index (κ3) is 3.95. The van der Waals surface area contributed by atoms with E-state index in [1.54, 1.807) is 24.3 Å². The van der Waals surface area contributed by atoms with Gasteiger partial charge < -0.3 is 14.7 Å². The molecule has 1 aliphatic heterocycles. The monoisotopic (exact) mass is 427 g/mol. The fourth-order valence-corrected chi connectivity index (χ4v) is 5.10. The van der Waals surface area contributed by atoms with Gasteiger partial charge in [-0.05, 0) is 17.7 Å². The zero-order valence-electron chi connectivity index (χ0n) is 16.2. The lowest BCUT2D eigenvalue weighted by molar-refractivity contribution is -0.119. The summed E-state index contributed by atoms with van der Waals surface area (Å²) in [6, 6.07) is 16.6. The molecular formula is C21H21N3O5S. The van der Waals surface area contributed by atoms with Crippen LogP contribution in [0.3, 0.4) is 0 Å². The molecule has 3 N–H and O–H groups in total. The minimum absolute atomic E-state index is 0.0228. The van der Waals surface area contributed by atoms with Gasteiger partial charge in [-0.15, -0.1) is 0 Å². The van der Waals surface area contributed by atoms with E-state index in [0.29, 0.717) is 17.9 Å². The van der Waals surface area contributed by atoms with Crippen molar-refractivity contribution < 1.29 is 23.2 Å². The summed E-state index contributed by atoms with van der Waals surface area (Å²) in [5, 5.41) is 6.36. The topological polar surface area (TPSA) is 116 Å². The van der Waals surface area contributed by atoms with E-state index in [4.69, 9.17) is 4.52 Å². The van der Waals surface area contributed by atoms with E-state index in [-0.39, 0.29) is 16.3 Å². The number of likely N-dealkylation sites (N-methyl/N-ethyl adjacent to an activating group) is 1. The predicted molar refractivity (Wildman–Crippen MR) is 113 cm³/mol. The molecule has 1 unspecified atom stereocenters. The average molecular weight is 427 g/mol. The third-order valence-electron chi connectivity index (χ3n) is 4.92. The number of benzene rings is 2. The number of nitrogens with zero attached hydrogens (tertiary/aromatic N) is 2. The Hall–Kier alpha value is -3.14. The van der Waals surface area contributed by atoms with Gasteiger partial charge in [-0.1, -0.05) is 47.6 Å². The zero-order valence-corrected chi connectivity index (χ0v) is 17.0. The van der Waals surface area contributed by atoms with E-state index in [2.05, 4.69) is 10.5 Å². The summed E-state index contributed by atoms with van der Waals surface area (Å²) in [7, 11) is -1.74. The molecule has 156 valence electrons. The summed E-state index contributed by atoms with van der Waals surface area (Å²) in [5.41, 5.74) is 1.44. The summed E-state index contributed by atoms with van der Waals surface area (Å²) >= 11 is 0. The Labute approximate surface area is 174 Å². The number of amides is 2. The molecule has 30 heavy (non-hydrogen) atoms. The number of nitrogens with one attached hydrogen (secondary N) is 1. The molecule has 0 saturated carbocycles. The minimum atomic E-state index is -3.28. The maximum absolute atomic E-state index is 12.9. The van der Waals surface area contributed by atoms with E-state index in [1.807, 2.05) is 30.3 Å². The molecule has 1 aliphatic rings. The Morgan fingerprint density at radius 1 is 1.20 bits per heavy atom. The van der Waals surface area contributed by atoms with Gasteiger partial charge in [0.2, 0.25) is 0 Å². The van der Waals surface area contributed by atoms with Gasteiger partial charge in [-0.25, -0.2) is 0 Å². The summed E-state index contributed by atoms with van der Waals surface area (Å²) in [4.78, 5) is 27.1.